The van der Waals surface area contributed by atoms with E-state index in [9.17, 15) is 4.79 Å². The molecule has 3 heterocycles. The molecule has 1 fully saturated rings. The van der Waals surface area contributed by atoms with Gasteiger partial charge in [-0.3, -0.25) is 4.79 Å². The minimum Gasteiger partial charge on any atom is -0.339 e. The summed E-state index contributed by atoms with van der Waals surface area (Å²) in [5.74, 6) is 2.44. The number of hydrogen-bond acceptors (Lipinski definition) is 8. The van der Waals surface area contributed by atoms with Gasteiger partial charge in [-0.05, 0) is 30.5 Å². The number of hydrogen-bond donors (Lipinski definition) is 1. The second kappa shape index (κ2) is 8.29. The number of carbonyl (C=O) groups excluding carboxylic acids is 1. The topological polar surface area (TPSA) is 87.1 Å². The molecule has 1 N–H and O–H groups in total. The first kappa shape index (κ1) is 19.4. The molecule has 5 rings (SSSR count). The Morgan fingerprint density at radius 3 is 2.26 bits per heavy atom. The third-order valence-corrected chi connectivity index (χ3v) is 5.76. The zero-order valence-corrected chi connectivity index (χ0v) is 17.5. The van der Waals surface area contributed by atoms with Crippen molar-refractivity contribution in [2.24, 2.45) is 5.92 Å². The third kappa shape index (κ3) is 4.05. The molecule has 2 aromatic heterocycles. The van der Waals surface area contributed by atoms with Crippen LogP contribution in [0.2, 0.25) is 0 Å². The molecule has 1 aliphatic carbocycles. The van der Waals surface area contributed by atoms with Crippen molar-refractivity contribution in [1.82, 2.24) is 19.9 Å². The van der Waals surface area contributed by atoms with Gasteiger partial charge in [0.1, 0.15) is 5.82 Å². The lowest BCUT2D eigenvalue weighted by molar-refractivity contribution is 0.0952. The Balaban J connectivity index is 1.43. The first-order valence-corrected chi connectivity index (χ1v) is 10.7. The van der Waals surface area contributed by atoms with Gasteiger partial charge in [-0.2, -0.15) is 4.98 Å². The fraction of sp³-hybridized carbons (Fsp3) is 0.348. The van der Waals surface area contributed by atoms with Crippen molar-refractivity contribution in [1.29, 1.82) is 0 Å². The Kier molecular flexibility index (Phi) is 5.19. The minimum atomic E-state index is 0.116. The summed E-state index contributed by atoms with van der Waals surface area (Å²) in [5.41, 5.74) is 2.40. The highest BCUT2D eigenvalue weighted by Crippen LogP contribution is 2.32. The summed E-state index contributed by atoms with van der Waals surface area (Å²) in [6, 6.07) is 11.7. The van der Waals surface area contributed by atoms with Gasteiger partial charge in [0.25, 0.3) is 0 Å². The lowest BCUT2D eigenvalue weighted by Gasteiger charge is -2.35. The maximum absolute atomic E-state index is 12.8. The molecule has 1 aromatic carbocycles. The SMILES string of the molecule is C[C@H]1CC(=O)c2c(nc(N3CCN(c4ncccn4)CC3)nc2Nc2ccccc2)C1. The van der Waals surface area contributed by atoms with Crippen molar-refractivity contribution in [3.8, 4) is 0 Å². The maximum atomic E-state index is 12.8. The molecule has 0 radical (unpaired) electrons. The second-order valence-electron chi connectivity index (χ2n) is 8.14. The van der Waals surface area contributed by atoms with Gasteiger partial charge in [-0.25, -0.2) is 15.0 Å². The Morgan fingerprint density at radius 2 is 1.55 bits per heavy atom. The van der Waals surface area contributed by atoms with Crippen LogP contribution in [0.1, 0.15) is 29.4 Å². The highest BCUT2D eigenvalue weighted by atomic mass is 16.1. The maximum Gasteiger partial charge on any atom is 0.227 e. The number of anilines is 4. The van der Waals surface area contributed by atoms with Crippen LogP contribution in [0.25, 0.3) is 0 Å². The molecule has 3 aromatic rings. The van der Waals surface area contributed by atoms with E-state index in [1.807, 2.05) is 36.4 Å². The van der Waals surface area contributed by atoms with Gasteiger partial charge < -0.3 is 15.1 Å². The zero-order valence-electron chi connectivity index (χ0n) is 17.5. The lowest BCUT2D eigenvalue weighted by atomic mass is 9.87. The number of nitrogens with one attached hydrogen (secondary N) is 1. The Hall–Kier alpha value is -3.55. The zero-order chi connectivity index (χ0) is 21.2. The Morgan fingerprint density at radius 1 is 0.871 bits per heavy atom. The Labute approximate surface area is 181 Å². The number of nitrogens with zero attached hydrogens (tertiary/aromatic N) is 6. The van der Waals surface area contributed by atoms with Crippen molar-refractivity contribution < 1.29 is 4.79 Å². The molecule has 0 amide bonds. The van der Waals surface area contributed by atoms with Crippen molar-refractivity contribution in [3.63, 3.8) is 0 Å². The van der Waals surface area contributed by atoms with Gasteiger partial charge in [-0.1, -0.05) is 25.1 Å². The number of carbonyl (C=O) groups is 1. The summed E-state index contributed by atoms with van der Waals surface area (Å²) >= 11 is 0. The standard InChI is InChI=1S/C23H25N7O/c1-16-14-18-20(19(31)15-16)21(26-17-6-3-2-4-7-17)28-23(27-18)30-12-10-29(11-13-30)22-24-8-5-9-25-22/h2-9,16H,10-15H2,1H3,(H,26,27,28)/t16-/m1/s1. The van der Waals surface area contributed by atoms with Crippen LogP contribution in [0.5, 0.6) is 0 Å². The van der Waals surface area contributed by atoms with E-state index in [-0.39, 0.29) is 5.78 Å². The van der Waals surface area contributed by atoms with E-state index in [1.165, 1.54) is 0 Å². The van der Waals surface area contributed by atoms with Crippen LogP contribution >= 0.6 is 0 Å². The smallest absolute Gasteiger partial charge is 0.227 e. The summed E-state index contributed by atoms with van der Waals surface area (Å²) < 4.78 is 0. The molecular formula is C23H25N7O. The van der Waals surface area contributed by atoms with Crippen LogP contribution < -0.4 is 15.1 Å². The molecule has 0 saturated carbocycles. The number of piperazine rings is 1. The molecule has 0 bridgehead atoms. The van der Waals surface area contributed by atoms with Crippen LogP contribution in [0.15, 0.2) is 48.8 Å². The molecule has 8 heteroatoms. The third-order valence-electron chi connectivity index (χ3n) is 5.76. The largest absolute Gasteiger partial charge is 0.339 e. The average Bonchev–Trinajstić information content (AvgIpc) is 2.80. The number of rotatable bonds is 4. The van der Waals surface area contributed by atoms with Crippen LogP contribution in [-0.4, -0.2) is 51.9 Å². The predicted molar refractivity (Wildman–Crippen MR) is 120 cm³/mol. The van der Waals surface area contributed by atoms with Crippen LogP contribution in [0.4, 0.5) is 23.4 Å². The van der Waals surface area contributed by atoms with E-state index < -0.39 is 0 Å². The summed E-state index contributed by atoms with van der Waals surface area (Å²) in [4.78, 5) is 35.6. The summed E-state index contributed by atoms with van der Waals surface area (Å²) in [6.07, 6.45) is 4.86. The lowest BCUT2D eigenvalue weighted by Crippen LogP contribution is -2.48. The number of para-hydroxylation sites is 1. The van der Waals surface area contributed by atoms with Gasteiger partial charge in [0.2, 0.25) is 11.9 Å². The van der Waals surface area contributed by atoms with E-state index in [4.69, 9.17) is 9.97 Å². The average molecular weight is 416 g/mol. The molecule has 0 unspecified atom stereocenters. The fourth-order valence-electron chi connectivity index (χ4n) is 4.21. The predicted octanol–water partition coefficient (Wildman–Crippen LogP) is 3.10. The van der Waals surface area contributed by atoms with Gasteiger partial charge >= 0.3 is 0 Å². The van der Waals surface area contributed by atoms with E-state index in [0.717, 1.165) is 49.9 Å². The number of fused-ring (bicyclic) bond motifs is 1. The molecule has 2 aliphatic rings. The molecule has 1 saturated heterocycles. The van der Waals surface area contributed by atoms with Crippen molar-refractivity contribution >= 4 is 29.2 Å². The Bertz CT molecular complexity index is 1070. The first-order chi connectivity index (χ1) is 15.2. The normalized spacial score (nSPS) is 18.6. The monoisotopic (exact) mass is 415 g/mol. The van der Waals surface area contributed by atoms with E-state index in [1.54, 1.807) is 12.4 Å². The quantitative estimate of drug-likeness (QED) is 0.696. The van der Waals surface area contributed by atoms with Crippen molar-refractivity contribution in [2.75, 3.05) is 41.3 Å². The van der Waals surface area contributed by atoms with Crippen LogP contribution in [-0.2, 0) is 6.42 Å². The van der Waals surface area contributed by atoms with E-state index in [2.05, 4.69) is 32.0 Å². The summed E-state index contributed by atoms with van der Waals surface area (Å²) in [7, 11) is 0. The number of aromatic nitrogens is 4. The highest BCUT2D eigenvalue weighted by Gasteiger charge is 2.30. The molecule has 1 aliphatic heterocycles. The molecule has 8 nitrogen and oxygen atoms in total. The minimum absolute atomic E-state index is 0.116. The van der Waals surface area contributed by atoms with E-state index >= 15 is 0 Å². The number of ketones is 1. The van der Waals surface area contributed by atoms with Crippen LogP contribution in [0, 0.1) is 5.92 Å². The molecule has 158 valence electrons. The summed E-state index contributed by atoms with van der Waals surface area (Å²) in [6.45, 7) is 5.23. The van der Waals surface area contributed by atoms with Crippen LogP contribution in [0.3, 0.4) is 0 Å². The molecule has 0 spiro atoms. The van der Waals surface area contributed by atoms with Gasteiger partial charge in [0.05, 0.1) is 11.3 Å². The van der Waals surface area contributed by atoms with Gasteiger partial charge in [-0.15, -0.1) is 0 Å². The van der Waals surface area contributed by atoms with Crippen molar-refractivity contribution in [2.45, 2.75) is 19.8 Å². The van der Waals surface area contributed by atoms with Gasteiger partial charge in [0.15, 0.2) is 5.78 Å². The van der Waals surface area contributed by atoms with E-state index in [0.29, 0.717) is 29.7 Å². The summed E-state index contributed by atoms with van der Waals surface area (Å²) in [5, 5.41) is 3.36. The fourth-order valence-corrected chi connectivity index (χ4v) is 4.21. The molecule has 31 heavy (non-hydrogen) atoms. The molecular weight excluding hydrogens is 390 g/mol. The molecule has 1 atom stereocenters. The number of benzene rings is 1. The highest BCUT2D eigenvalue weighted by molar-refractivity contribution is 6.03. The number of Topliss-reactive ketones (excluding diaryl/α,β-unsaturated/α-hetero) is 1. The van der Waals surface area contributed by atoms with Crippen molar-refractivity contribution in [3.05, 3.63) is 60.0 Å². The van der Waals surface area contributed by atoms with Gasteiger partial charge in [0, 0.05) is 50.7 Å². The second-order valence-corrected chi connectivity index (χ2v) is 8.14. The first-order valence-electron chi connectivity index (χ1n) is 10.7.